The molecule has 16 heavy (non-hydrogen) atoms. The van der Waals surface area contributed by atoms with Crippen LogP contribution in [0.15, 0.2) is 27.8 Å². The molecular formula is C10H12BrNO3S. The van der Waals surface area contributed by atoms with Crippen molar-refractivity contribution in [2.45, 2.75) is 18.1 Å². The molecule has 0 saturated carbocycles. The molecule has 1 heterocycles. The Labute approximate surface area is 107 Å². The zero-order valence-corrected chi connectivity index (χ0v) is 11.1. The van der Waals surface area contributed by atoms with Gasteiger partial charge in [-0.25, -0.2) is 9.78 Å². The van der Waals surface area contributed by atoms with E-state index in [2.05, 4.69) is 20.9 Å². The number of ether oxygens (including phenoxy) is 1. The number of carboxylic acid groups (broad SMARTS) is 1. The van der Waals surface area contributed by atoms with Gasteiger partial charge in [0.25, 0.3) is 0 Å². The van der Waals surface area contributed by atoms with Crippen LogP contribution in [0.1, 0.15) is 6.92 Å². The van der Waals surface area contributed by atoms with Gasteiger partial charge in [0.2, 0.25) is 0 Å². The Morgan fingerprint density at radius 2 is 2.44 bits per heavy atom. The van der Waals surface area contributed by atoms with Crippen molar-refractivity contribution in [3.63, 3.8) is 0 Å². The van der Waals surface area contributed by atoms with Crippen LogP contribution in [0.5, 0.6) is 0 Å². The highest BCUT2D eigenvalue weighted by Gasteiger charge is 2.17. The number of hydrogen-bond acceptors (Lipinski definition) is 4. The maximum atomic E-state index is 10.8. The smallest absolute Gasteiger partial charge is 0.333 e. The molecule has 1 aromatic heterocycles. The molecule has 1 aromatic rings. The minimum Gasteiger partial charge on any atom is -0.479 e. The molecule has 1 rings (SSSR count). The summed E-state index contributed by atoms with van der Waals surface area (Å²) in [6, 6.07) is 3.70. The average Bonchev–Trinajstić information content (AvgIpc) is 2.26. The van der Waals surface area contributed by atoms with Gasteiger partial charge in [-0.1, -0.05) is 0 Å². The van der Waals surface area contributed by atoms with E-state index in [1.165, 1.54) is 11.8 Å². The second kappa shape index (κ2) is 6.88. The summed E-state index contributed by atoms with van der Waals surface area (Å²) in [6.45, 7) is 2.17. The topological polar surface area (TPSA) is 59.4 Å². The van der Waals surface area contributed by atoms with Crippen molar-refractivity contribution in [1.29, 1.82) is 0 Å². The van der Waals surface area contributed by atoms with E-state index >= 15 is 0 Å². The summed E-state index contributed by atoms with van der Waals surface area (Å²) in [5, 5.41) is 9.65. The lowest BCUT2D eigenvalue weighted by atomic mass is 10.4. The van der Waals surface area contributed by atoms with Crippen molar-refractivity contribution < 1.29 is 14.6 Å². The van der Waals surface area contributed by atoms with Crippen molar-refractivity contribution in [1.82, 2.24) is 4.98 Å². The molecule has 0 spiro atoms. The number of carboxylic acids is 1. The first-order chi connectivity index (χ1) is 7.63. The van der Waals surface area contributed by atoms with Crippen LogP contribution in [-0.4, -0.2) is 34.5 Å². The largest absolute Gasteiger partial charge is 0.479 e. The highest BCUT2D eigenvalue weighted by Crippen LogP contribution is 2.19. The van der Waals surface area contributed by atoms with Crippen LogP contribution in [0, 0.1) is 0 Å². The number of rotatable bonds is 6. The molecule has 0 radical (unpaired) electrons. The Balaban J connectivity index is 2.48. The van der Waals surface area contributed by atoms with E-state index in [0.29, 0.717) is 12.4 Å². The van der Waals surface area contributed by atoms with Crippen LogP contribution in [-0.2, 0) is 9.53 Å². The molecule has 0 aliphatic carbocycles. The maximum Gasteiger partial charge on any atom is 0.333 e. The number of halogens is 1. The van der Waals surface area contributed by atoms with E-state index in [1.807, 2.05) is 12.1 Å². The molecule has 4 nitrogen and oxygen atoms in total. The first-order valence-electron chi connectivity index (χ1n) is 4.72. The molecule has 1 unspecified atom stereocenters. The highest BCUT2D eigenvalue weighted by molar-refractivity contribution is 9.10. The molecule has 0 aliphatic rings. The standard InChI is InChI=1S/C10H12BrNO3S/c1-2-15-8(10(13)14)6-16-9-4-3-7(11)5-12-9/h3-5,8H,2,6H2,1H3,(H,13,14). The van der Waals surface area contributed by atoms with E-state index < -0.39 is 12.1 Å². The van der Waals surface area contributed by atoms with Crippen LogP contribution < -0.4 is 0 Å². The van der Waals surface area contributed by atoms with E-state index in [-0.39, 0.29) is 0 Å². The SMILES string of the molecule is CCOC(CSc1ccc(Br)cn1)C(=O)O. The molecule has 88 valence electrons. The number of pyridine rings is 1. The maximum absolute atomic E-state index is 10.8. The Bertz CT molecular complexity index is 344. The van der Waals surface area contributed by atoms with Gasteiger partial charge >= 0.3 is 5.97 Å². The van der Waals surface area contributed by atoms with Gasteiger partial charge in [-0.15, -0.1) is 11.8 Å². The Morgan fingerprint density at radius 1 is 1.69 bits per heavy atom. The van der Waals surface area contributed by atoms with Gasteiger partial charge in [0, 0.05) is 23.0 Å². The molecule has 0 bridgehead atoms. The third-order valence-corrected chi connectivity index (χ3v) is 3.20. The van der Waals surface area contributed by atoms with E-state index in [9.17, 15) is 4.79 Å². The predicted octanol–water partition coefficient (Wildman–Crippen LogP) is 2.43. The fraction of sp³-hybridized carbons (Fsp3) is 0.400. The molecule has 1 N–H and O–H groups in total. The van der Waals surface area contributed by atoms with Gasteiger partial charge in [0.1, 0.15) is 0 Å². The quantitative estimate of drug-likeness (QED) is 0.818. The first-order valence-corrected chi connectivity index (χ1v) is 6.50. The lowest BCUT2D eigenvalue weighted by Crippen LogP contribution is -2.26. The summed E-state index contributed by atoms with van der Waals surface area (Å²) in [7, 11) is 0. The normalized spacial score (nSPS) is 12.4. The van der Waals surface area contributed by atoms with Crippen molar-refractivity contribution in [3.8, 4) is 0 Å². The fourth-order valence-electron chi connectivity index (χ4n) is 1.00. The van der Waals surface area contributed by atoms with Crippen molar-refractivity contribution >= 4 is 33.7 Å². The molecule has 0 aliphatic heterocycles. The van der Waals surface area contributed by atoms with Crippen molar-refractivity contribution in [3.05, 3.63) is 22.8 Å². The highest BCUT2D eigenvalue weighted by atomic mass is 79.9. The second-order valence-electron chi connectivity index (χ2n) is 2.91. The summed E-state index contributed by atoms with van der Waals surface area (Å²) >= 11 is 4.65. The van der Waals surface area contributed by atoms with Crippen LogP contribution in [0.3, 0.4) is 0 Å². The van der Waals surface area contributed by atoms with Crippen LogP contribution in [0.25, 0.3) is 0 Å². The molecule has 0 aromatic carbocycles. The lowest BCUT2D eigenvalue weighted by molar-refractivity contribution is -0.148. The first kappa shape index (κ1) is 13.5. The summed E-state index contributed by atoms with van der Waals surface area (Å²) < 4.78 is 5.99. The molecule has 0 fully saturated rings. The molecule has 1 atom stereocenters. The minimum atomic E-state index is -0.938. The molecule has 0 amide bonds. The van der Waals surface area contributed by atoms with Gasteiger partial charge in [-0.05, 0) is 35.0 Å². The molecule has 0 saturated heterocycles. The van der Waals surface area contributed by atoms with Crippen LogP contribution in [0.2, 0.25) is 0 Å². The Hall–Kier alpha value is -0.590. The monoisotopic (exact) mass is 305 g/mol. The number of hydrogen-bond donors (Lipinski definition) is 1. The predicted molar refractivity (Wildman–Crippen MR) is 65.7 cm³/mol. The van der Waals surface area contributed by atoms with Gasteiger partial charge < -0.3 is 9.84 Å². The summed E-state index contributed by atoms with van der Waals surface area (Å²) in [4.78, 5) is 14.9. The van der Waals surface area contributed by atoms with Crippen molar-refractivity contribution in [2.75, 3.05) is 12.4 Å². The summed E-state index contributed by atoms with van der Waals surface area (Å²) in [5.41, 5.74) is 0. The number of nitrogens with zero attached hydrogens (tertiary/aromatic N) is 1. The van der Waals surface area contributed by atoms with Crippen LogP contribution in [0.4, 0.5) is 0 Å². The summed E-state index contributed by atoms with van der Waals surface area (Å²) in [6.07, 6.45) is 0.902. The zero-order chi connectivity index (χ0) is 12.0. The zero-order valence-electron chi connectivity index (χ0n) is 8.72. The summed E-state index contributed by atoms with van der Waals surface area (Å²) in [5.74, 6) is -0.580. The fourth-order valence-corrected chi connectivity index (χ4v) is 2.09. The van der Waals surface area contributed by atoms with E-state index in [1.54, 1.807) is 13.1 Å². The van der Waals surface area contributed by atoms with E-state index in [4.69, 9.17) is 9.84 Å². The van der Waals surface area contributed by atoms with Gasteiger partial charge in [0.15, 0.2) is 6.10 Å². The van der Waals surface area contributed by atoms with E-state index in [0.717, 1.165) is 9.50 Å². The third kappa shape index (κ3) is 4.51. The number of carbonyl (C=O) groups is 1. The van der Waals surface area contributed by atoms with Crippen LogP contribution >= 0.6 is 27.7 Å². The van der Waals surface area contributed by atoms with Gasteiger partial charge in [-0.2, -0.15) is 0 Å². The minimum absolute atomic E-state index is 0.359. The lowest BCUT2D eigenvalue weighted by Gasteiger charge is -2.11. The number of aromatic nitrogens is 1. The van der Waals surface area contributed by atoms with Crippen molar-refractivity contribution in [2.24, 2.45) is 0 Å². The third-order valence-electron chi connectivity index (χ3n) is 1.73. The Kier molecular flexibility index (Phi) is 5.79. The molecular weight excluding hydrogens is 294 g/mol. The Morgan fingerprint density at radius 3 is 2.94 bits per heavy atom. The average molecular weight is 306 g/mol. The second-order valence-corrected chi connectivity index (χ2v) is 4.86. The number of aliphatic carboxylic acids is 1. The van der Waals surface area contributed by atoms with Gasteiger partial charge in [-0.3, -0.25) is 0 Å². The molecule has 6 heteroatoms. The van der Waals surface area contributed by atoms with Gasteiger partial charge in [0.05, 0.1) is 5.03 Å². The number of thioether (sulfide) groups is 1.